The monoisotopic (exact) mass is 292 g/mol. The van der Waals surface area contributed by atoms with Gasteiger partial charge in [-0.2, -0.15) is 0 Å². The SMILES string of the molecule is CCC(C)NC(=O)CCNC(=O)c1ccccc1C(=O)O. The van der Waals surface area contributed by atoms with Crippen molar-refractivity contribution in [3.63, 3.8) is 0 Å². The van der Waals surface area contributed by atoms with E-state index in [4.69, 9.17) is 5.11 Å². The van der Waals surface area contributed by atoms with Crippen LogP contribution in [0.1, 0.15) is 47.4 Å². The largest absolute Gasteiger partial charge is 0.478 e. The van der Waals surface area contributed by atoms with Crippen molar-refractivity contribution in [3.05, 3.63) is 35.4 Å². The normalized spacial score (nSPS) is 11.5. The van der Waals surface area contributed by atoms with E-state index in [1.165, 1.54) is 12.1 Å². The Hall–Kier alpha value is -2.37. The first-order valence-electron chi connectivity index (χ1n) is 6.85. The standard InChI is InChI=1S/C15H20N2O4/c1-3-10(2)17-13(18)8-9-16-14(19)11-6-4-5-7-12(11)15(20)21/h4-7,10H,3,8-9H2,1-2H3,(H,16,19)(H,17,18)(H,20,21). The third-order valence-electron chi connectivity index (χ3n) is 3.06. The predicted molar refractivity (Wildman–Crippen MR) is 78.2 cm³/mol. The fourth-order valence-electron chi connectivity index (χ4n) is 1.70. The third-order valence-corrected chi connectivity index (χ3v) is 3.06. The highest BCUT2D eigenvalue weighted by atomic mass is 16.4. The average molecular weight is 292 g/mol. The zero-order chi connectivity index (χ0) is 15.8. The fourth-order valence-corrected chi connectivity index (χ4v) is 1.70. The molecular formula is C15H20N2O4. The fraction of sp³-hybridized carbons (Fsp3) is 0.400. The van der Waals surface area contributed by atoms with Crippen LogP contribution in [0.5, 0.6) is 0 Å². The Labute approximate surface area is 123 Å². The van der Waals surface area contributed by atoms with Crippen LogP contribution in [0, 0.1) is 0 Å². The smallest absolute Gasteiger partial charge is 0.336 e. The van der Waals surface area contributed by atoms with Crippen LogP contribution >= 0.6 is 0 Å². The van der Waals surface area contributed by atoms with Gasteiger partial charge in [-0.3, -0.25) is 9.59 Å². The van der Waals surface area contributed by atoms with E-state index in [0.29, 0.717) is 0 Å². The average Bonchev–Trinajstić information content (AvgIpc) is 2.46. The lowest BCUT2D eigenvalue weighted by atomic mass is 10.1. The van der Waals surface area contributed by atoms with Crippen LogP contribution in [0.25, 0.3) is 0 Å². The van der Waals surface area contributed by atoms with Gasteiger partial charge in [0, 0.05) is 19.0 Å². The quantitative estimate of drug-likeness (QED) is 0.708. The number of hydrogen-bond donors (Lipinski definition) is 3. The number of amides is 2. The van der Waals surface area contributed by atoms with Gasteiger partial charge >= 0.3 is 5.97 Å². The summed E-state index contributed by atoms with van der Waals surface area (Å²) in [6, 6.07) is 6.06. The Bertz CT molecular complexity index is 528. The second kappa shape index (κ2) is 8.04. The number of carbonyl (C=O) groups excluding carboxylic acids is 2. The number of carboxylic acids is 1. The summed E-state index contributed by atoms with van der Waals surface area (Å²) in [6.45, 7) is 4.03. The van der Waals surface area contributed by atoms with Gasteiger partial charge in [-0.15, -0.1) is 0 Å². The zero-order valence-corrected chi connectivity index (χ0v) is 12.2. The van der Waals surface area contributed by atoms with Crippen LogP contribution in [-0.4, -0.2) is 35.5 Å². The molecule has 114 valence electrons. The lowest BCUT2D eigenvalue weighted by Gasteiger charge is -2.12. The molecular weight excluding hydrogens is 272 g/mol. The van der Waals surface area contributed by atoms with Crippen molar-refractivity contribution in [3.8, 4) is 0 Å². The van der Waals surface area contributed by atoms with Crippen molar-refractivity contribution in [2.45, 2.75) is 32.7 Å². The van der Waals surface area contributed by atoms with Gasteiger partial charge in [-0.05, 0) is 25.5 Å². The number of carboxylic acid groups (broad SMARTS) is 1. The summed E-state index contributed by atoms with van der Waals surface area (Å²) < 4.78 is 0. The molecule has 6 nitrogen and oxygen atoms in total. The lowest BCUT2D eigenvalue weighted by Crippen LogP contribution is -2.35. The highest BCUT2D eigenvalue weighted by molar-refractivity contribution is 6.04. The van der Waals surface area contributed by atoms with Crippen molar-refractivity contribution in [1.82, 2.24) is 10.6 Å². The van der Waals surface area contributed by atoms with E-state index in [9.17, 15) is 14.4 Å². The van der Waals surface area contributed by atoms with E-state index in [-0.39, 0.29) is 36.0 Å². The number of nitrogens with one attached hydrogen (secondary N) is 2. The third kappa shape index (κ3) is 5.25. The van der Waals surface area contributed by atoms with E-state index in [0.717, 1.165) is 6.42 Å². The molecule has 1 rings (SSSR count). The molecule has 0 radical (unpaired) electrons. The maximum absolute atomic E-state index is 11.9. The highest BCUT2D eigenvalue weighted by Crippen LogP contribution is 2.08. The second-order valence-electron chi connectivity index (χ2n) is 4.73. The van der Waals surface area contributed by atoms with Crippen molar-refractivity contribution >= 4 is 17.8 Å². The molecule has 1 aromatic carbocycles. The molecule has 0 saturated carbocycles. The van der Waals surface area contributed by atoms with E-state index >= 15 is 0 Å². The molecule has 3 N–H and O–H groups in total. The molecule has 0 bridgehead atoms. The Morgan fingerprint density at radius 2 is 1.81 bits per heavy atom. The van der Waals surface area contributed by atoms with Crippen LogP contribution in [-0.2, 0) is 4.79 Å². The molecule has 0 spiro atoms. The molecule has 0 aliphatic heterocycles. The predicted octanol–water partition coefficient (Wildman–Crippen LogP) is 1.42. The first-order chi connectivity index (χ1) is 9.95. The minimum absolute atomic E-state index is 0.0564. The zero-order valence-electron chi connectivity index (χ0n) is 12.2. The van der Waals surface area contributed by atoms with Gasteiger partial charge in [0.1, 0.15) is 0 Å². The van der Waals surface area contributed by atoms with Crippen molar-refractivity contribution in [2.24, 2.45) is 0 Å². The summed E-state index contributed by atoms with van der Waals surface area (Å²) >= 11 is 0. The van der Waals surface area contributed by atoms with Crippen LogP contribution < -0.4 is 10.6 Å². The Kier molecular flexibility index (Phi) is 6.39. The molecule has 0 saturated heterocycles. The van der Waals surface area contributed by atoms with Crippen molar-refractivity contribution < 1.29 is 19.5 Å². The maximum Gasteiger partial charge on any atom is 0.336 e. The summed E-state index contributed by atoms with van der Waals surface area (Å²) in [5, 5.41) is 14.4. The molecule has 1 unspecified atom stereocenters. The van der Waals surface area contributed by atoms with Gasteiger partial charge in [0.2, 0.25) is 5.91 Å². The van der Waals surface area contributed by atoms with Gasteiger partial charge in [0.25, 0.3) is 5.91 Å². The lowest BCUT2D eigenvalue weighted by molar-refractivity contribution is -0.121. The van der Waals surface area contributed by atoms with Gasteiger partial charge in [-0.25, -0.2) is 4.79 Å². The molecule has 0 heterocycles. The molecule has 0 aromatic heterocycles. The number of benzene rings is 1. The molecule has 0 aliphatic carbocycles. The summed E-state index contributed by atoms with van der Waals surface area (Å²) in [5.41, 5.74) is 0.0337. The highest BCUT2D eigenvalue weighted by Gasteiger charge is 2.15. The molecule has 0 fully saturated rings. The Morgan fingerprint density at radius 1 is 1.19 bits per heavy atom. The molecule has 0 aliphatic rings. The second-order valence-corrected chi connectivity index (χ2v) is 4.73. The Balaban J connectivity index is 2.52. The van der Waals surface area contributed by atoms with Crippen LogP contribution in [0.4, 0.5) is 0 Å². The van der Waals surface area contributed by atoms with Crippen LogP contribution in [0.2, 0.25) is 0 Å². The molecule has 6 heteroatoms. The van der Waals surface area contributed by atoms with E-state index in [2.05, 4.69) is 10.6 Å². The van der Waals surface area contributed by atoms with Gasteiger partial charge in [0.05, 0.1) is 11.1 Å². The van der Waals surface area contributed by atoms with E-state index in [1.807, 2.05) is 13.8 Å². The minimum atomic E-state index is -1.16. The van der Waals surface area contributed by atoms with Crippen LogP contribution in [0.15, 0.2) is 24.3 Å². The van der Waals surface area contributed by atoms with Crippen molar-refractivity contribution in [2.75, 3.05) is 6.54 Å². The molecule has 2 amide bonds. The molecule has 1 aromatic rings. The first kappa shape index (κ1) is 16.7. The number of carbonyl (C=O) groups is 3. The summed E-state index contributed by atoms with van der Waals surface area (Å²) in [4.78, 5) is 34.5. The van der Waals surface area contributed by atoms with Gasteiger partial charge in [0.15, 0.2) is 0 Å². The molecule has 21 heavy (non-hydrogen) atoms. The Morgan fingerprint density at radius 3 is 2.38 bits per heavy atom. The summed E-state index contributed by atoms with van der Waals surface area (Å²) in [5.74, 6) is -1.80. The van der Waals surface area contributed by atoms with E-state index < -0.39 is 11.9 Å². The van der Waals surface area contributed by atoms with Gasteiger partial charge in [-0.1, -0.05) is 19.1 Å². The van der Waals surface area contributed by atoms with Crippen LogP contribution in [0.3, 0.4) is 0 Å². The van der Waals surface area contributed by atoms with E-state index in [1.54, 1.807) is 12.1 Å². The summed E-state index contributed by atoms with van der Waals surface area (Å²) in [6.07, 6.45) is 0.995. The molecule has 1 atom stereocenters. The van der Waals surface area contributed by atoms with Gasteiger partial charge < -0.3 is 15.7 Å². The number of aromatic carboxylic acids is 1. The first-order valence-corrected chi connectivity index (χ1v) is 6.85. The maximum atomic E-state index is 11.9. The number of rotatable bonds is 7. The number of hydrogen-bond acceptors (Lipinski definition) is 3. The topological polar surface area (TPSA) is 95.5 Å². The minimum Gasteiger partial charge on any atom is -0.478 e. The van der Waals surface area contributed by atoms with Crippen molar-refractivity contribution in [1.29, 1.82) is 0 Å². The summed E-state index contributed by atoms with van der Waals surface area (Å²) in [7, 11) is 0.